The third-order valence-corrected chi connectivity index (χ3v) is 3.16. The van der Waals surface area contributed by atoms with Gasteiger partial charge in [0.25, 0.3) is 0 Å². The summed E-state index contributed by atoms with van der Waals surface area (Å²) in [4.78, 5) is 3.99. The van der Waals surface area contributed by atoms with Crippen LogP contribution in [0.25, 0.3) is 0 Å². The fourth-order valence-corrected chi connectivity index (χ4v) is 1.97. The lowest BCUT2D eigenvalue weighted by Gasteiger charge is -2.10. The molecule has 5 heteroatoms. The Morgan fingerprint density at radius 1 is 1.28 bits per heavy atom. The molecule has 0 fully saturated rings. The third kappa shape index (κ3) is 2.92. The molecular weight excluding hydrogens is 274 g/mol. The molecule has 0 saturated heterocycles. The number of anilines is 1. The van der Waals surface area contributed by atoms with E-state index in [0.717, 1.165) is 16.8 Å². The average molecular weight is 285 g/mol. The van der Waals surface area contributed by atoms with Crippen LogP contribution in [0.15, 0.2) is 30.5 Å². The first-order valence-electron chi connectivity index (χ1n) is 5.37. The van der Waals surface area contributed by atoms with Crippen LogP contribution in [0, 0.1) is 12.7 Å². The van der Waals surface area contributed by atoms with Crippen molar-refractivity contribution < 1.29 is 4.39 Å². The number of pyridine rings is 1. The first-order chi connectivity index (χ1) is 8.58. The highest BCUT2D eigenvalue weighted by Gasteiger charge is 2.05. The SMILES string of the molecule is Cc1ccnc(Cl)c1NCc1ccc(Cl)c(F)c1. The molecule has 0 spiro atoms. The second-order valence-corrected chi connectivity index (χ2v) is 4.66. The second-order valence-electron chi connectivity index (χ2n) is 3.90. The Morgan fingerprint density at radius 2 is 2.06 bits per heavy atom. The summed E-state index contributed by atoms with van der Waals surface area (Å²) < 4.78 is 13.3. The van der Waals surface area contributed by atoms with E-state index in [1.54, 1.807) is 12.3 Å². The third-order valence-electron chi connectivity index (χ3n) is 2.57. The molecule has 1 aromatic carbocycles. The van der Waals surface area contributed by atoms with Crippen LogP contribution in [0.4, 0.5) is 10.1 Å². The molecule has 0 aliphatic heterocycles. The van der Waals surface area contributed by atoms with Gasteiger partial charge in [0, 0.05) is 12.7 Å². The highest BCUT2D eigenvalue weighted by molar-refractivity contribution is 6.32. The molecule has 2 rings (SSSR count). The van der Waals surface area contributed by atoms with Gasteiger partial charge in [-0.3, -0.25) is 0 Å². The van der Waals surface area contributed by atoms with Gasteiger partial charge in [-0.2, -0.15) is 0 Å². The molecule has 2 nitrogen and oxygen atoms in total. The van der Waals surface area contributed by atoms with E-state index < -0.39 is 5.82 Å². The molecule has 0 aliphatic carbocycles. The van der Waals surface area contributed by atoms with Gasteiger partial charge in [0.2, 0.25) is 0 Å². The molecule has 0 bridgehead atoms. The normalized spacial score (nSPS) is 10.4. The topological polar surface area (TPSA) is 24.9 Å². The summed E-state index contributed by atoms with van der Waals surface area (Å²) in [7, 11) is 0. The predicted molar refractivity (Wildman–Crippen MR) is 72.7 cm³/mol. The lowest BCUT2D eigenvalue weighted by molar-refractivity contribution is 0.626. The van der Waals surface area contributed by atoms with Crippen LogP contribution in [-0.4, -0.2) is 4.98 Å². The molecule has 0 aliphatic rings. The van der Waals surface area contributed by atoms with Crippen LogP contribution in [0.2, 0.25) is 10.2 Å². The number of hydrogen-bond acceptors (Lipinski definition) is 2. The number of rotatable bonds is 3. The van der Waals surface area contributed by atoms with Gasteiger partial charge in [0.1, 0.15) is 5.82 Å². The van der Waals surface area contributed by atoms with E-state index in [2.05, 4.69) is 10.3 Å². The van der Waals surface area contributed by atoms with E-state index >= 15 is 0 Å². The molecule has 0 saturated carbocycles. The zero-order chi connectivity index (χ0) is 13.1. The lowest BCUT2D eigenvalue weighted by atomic mass is 10.2. The quantitative estimate of drug-likeness (QED) is 0.843. The fourth-order valence-electron chi connectivity index (χ4n) is 1.58. The van der Waals surface area contributed by atoms with Crippen LogP contribution >= 0.6 is 23.2 Å². The zero-order valence-electron chi connectivity index (χ0n) is 9.67. The van der Waals surface area contributed by atoms with Gasteiger partial charge < -0.3 is 5.32 Å². The Bertz CT molecular complexity index is 553. The number of nitrogens with zero attached hydrogens (tertiary/aromatic N) is 1. The molecule has 1 heterocycles. The summed E-state index contributed by atoms with van der Waals surface area (Å²) >= 11 is 11.6. The Kier molecular flexibility index (Phi) is 4.04. The lowest BCUT2D eigenvalue weighted by Crippen LogP contribution is -2.03. The Labute approximate surface area is 115 Å². The number of hydrogen-bond donors (Lipinski definition) is 1. The van der Waals surface area contributed by atoms with Crippen molar-refractivity contribution in [2.24, 2.45) is 0 Å². The number of nitrogens with one attached hydrogen (secondary N) is 1. The maximum absolute atomic E-state index is 13.3. The first kappa shape index (κ1) is 13.1. The predicted octanol–water partition coefficient (Wildman–Crippen LogP) is 4.45. The van der Waals surface area contributed by atoms with Gasteiger partial charge in [0.15, 0.2) is 5.15 Å². The fraction of sp³-hybridized carbons (Fsp3) is 0.154. The van der Waals surface area contributed by atoms with Crippen molar-refractivity contribution in [3.63, 3.8) is 0 Å². The molecule has 1 aromatic heterocycles. The van der Waals surface area contributed by atoms with Crippen molar-refractivity contribution in [2.45, 2.75) is 13.5 Å². The van der Waals surface area contributed by atoms with E-state index in [4.69, 9.17) is 23.2 Å². The Hall–Kier alpha value is -1.32. The summed E-state index contributed by atoms with van der Waals surface area (Å²) in [5.74, 6) is -0.426. The van der Waals surface area contributed by atoms with Gasteiger partial charge >= 0.3 is 0 Å². The van der Waals surface area contributed by atoms with Crippen LogP contribution < -0.4 is 5.32 Å². The van der Waals surface area contributed by atoms with Crippen molar-refractivity contribution >= 4 is 28.9 Å². The van der Waals surface area contributed by atoms with E-state index in [9.17, 15) is 4.39 Å². The van der Waals surface area contributed by atoms with E-state index in [1.165, 1.54) is 12.1 Å². The molecule has 0 unspecified atom stereocenters. The summed E-state index contributed by atoms with van der Waals surface area (Å²) in [6.07, 6.45) is 1.64. The van der Waals surface area contributed by atoms with E-state index in [1.807, 2.05) is 13.0 Å². The smallest absolute Gasteiger partial charge is 0.152 e. The molecule has 0 radical (unpaired) electrons. The largest absolute Gasteiger partial charge is 0.378 e. The van der Waals surface area contributed by atoms with Crippen LogP contribution in [0.5, 0.6) is 0 Å². The summed E-state index contributed by atoms with van der Waals surface area (Å²) in [5.41, 5.74) is 2.54. The zero-order valence-corrected chi connectivity index (χ0v) is 11.2. The first-order valence-corrected chi connectivity index (χ1v) is 6.12. The standard InChI is InChI=1S/C13H11Cl2FN2/c1-8-4-5-17-13(15)12(8)18-7-9-2-3-10(14)11(16)6-9/h2-6,18H,7H2,1H3. The summed E-state index contributed by atoms with van der Waals surface area (Å²) in [5, 5.41) is 3.67. The van der Waals surface area contributed by atoms with Crippen LogP contribution in [0.1, 0.15) is 11.1 Å². The average Bonchev–Trinajstić information content (AvgIpc) is 2.33. The summed E-state index contributed by atoms with van der Waals surface area (Å²) in [6.45, 7) is 2.39. The van der Waals surface area contributed by atoms with Crippen molar-refractivity contribution in [1.29, 1.82) is 0 Å². The van der Waals surface area contributed by atoms with E-state index in [-0.39, 0.29) is 5.02 Å². The maximum atomic E-state index is 13.3. The highest BCUT2D eigenvalue weighted by Crippen LogP contribution is 2.24. The van der Waals surface area contributed by atoms with Crippen LogP contribution in [-0.2, 0) is 6.54 Å². The van der Waals surface area contributed by atoms with Gasteiger partial charge in [-0.15, -0.1) is 0 Å². The molecule has 0 atom stereocenters. The molecule has 94 valence electrons. The van der Waals surface area contributed by atoms with Gasteiger partial charge in [0.05, 0.1) is 10.7 Å². The van der Waals surface area contributed by atoms with Crippen molar-refractivity contribution in [1.82, 2.24) is 4.98 Å². The minimum atomic E-state index is -0.426. The minimum absolute atomic E-state index is 0.120. The number of aromatic nitrogens is 1. The minimum Gasteiger partial charge on any atom is -0.378 e. The highest BCUT2D eigenvalue weighted by atomic mass is 35.5. The van der Waals surface area contributed by atoms with E-state index in [0.29, 0.717) is 11.7 Å². The van der Waals surface area contributed by atoms with Gasteiger partial charge in [-0.1, -0.05) is 29.3 Å². The Balaban J connectivity index is 2.14. The van der Waals surface area contributed by atoms with Crippen molar-refractivity contribution in [2.75, 3.05) is 5.32 Å². The number of benzene rings is 1. The molecule has 0 amide bonds. The molecular formula is C13H11Cl2FN2. The summed E-state index contributed by atoms with van der Waals surface area (Å²) in [6, 6.07) is 6.55. The van der Waals surface area contributed by atoms with Crippen molar-refractivity contribution in [3.05, 3.63) is 57.6 Å². The van der Waals surface area contributed by atoms with Crippen molar-refractivity contribution in [3.8, 4) is 0 Å². The number of aryl methyl sites for hydroxylation is 1. The molecule has 2 aromatic rings. The maximum Gasteiger partial charge on any atom is 0.152 e. The molecule has 1 N–H and O–H groups in total. The van der Waals surface area contributed by atoms with Crippen LogP contribution in [0.3, 0.4) is 0 Å². The Morgan fingerprint density at radius 3 is 2.72 bits per heavy atom. The second kappa shape index (κ2) is 5.55. The number of halogens is 3. The molecule has 18 heavy (non-hydrogen) atoms. The van der Waals surface area contributed by atoms with Gasteiger partial charge in [-0.05, 0) is 36.2 Å². The monoisotopic (exact) mass is 284 g/mol. The van der Waals surface area contributed by atoms with Gasteiger partial charge in [-0.25, -0.2) is 9.37 Å².